The number of hydrogen-bond donors (Lipinski definition) is 2. The SMILES string of the molecule is COc1ccc(C)cc1C[NH+](C)CC(=O)Nc1cccc(C)c1C. The average molecular weight is 327 g/mol. The Balaban J connectivity index is 1.99. The van der Waals surface area contributed by atoms with Crippen LogP contribution in [-0.4, -0.2) is 26.6 Å². The highest BCUT2D eigenvalue weighted by Crippen LogP contribution is 2.19. The first-order chi connectivity index (χ1) is 11.4. The molecule has 0 saturated carbocycles. The predicted octanol–water partition coefficient (Wildman–Crippen LogP) is 2.27. The molecule has 2 N–H and O–H groups in total. The highest BCUT2D eigenvalue weighted by Gasteiger charge is 2.14. The van der Waals surface area contributed by atoms with Crippen LogP contribution in [0.25, 0.3) is 0 Å². The van der Waals surface area contributed by atoms with E-state index >= 15 is 0 Å². The Morgan fingerprint density at radius 1 is 1.17 bits per heavy atom. The lowest BCUT2D eigenvalue weighted by Crippen LogP contribution is -3.08. The maximum atomic E-state index is 12.3. The molecule has 1 atom stereocenters. The van der Waals surface area contributed by atoms with Crippen LogP contribution < -0.4 is 15.0 Å². The molecule has 2 aromatic carbocycles. The summed E-state index contributed by atoms with van der Waals surface area (Å²) in [5.41, 5.74) is 5.50. The number of benzene rings is 2. The van der Waals surface area contributed by atoms with Crippen LogP contribution in [0.15, 0.2) is 36.4 Å². The van der Waals surface area contributed by atoms with Gasteiger partial charge in [0, 0.05) is 11.3 Å². The summed E-state index contributed by atoms with van der Waals surface area (Å²) in [5.74, 6) is 0.891. The van der Waals surface area contributed by atoms with E-state index in [1.807, 2.05) is 51.2 Å². The smallest absolute Gasteiger partial charge is 0.279 e. The van der Waals surface area contributed by atoms with Crippen molar-refractivity contribution in [3.05, 3.63) is 58.7 Å². The fourth-order valence-corrected chi connectivity index (χ4v) is 2.79. The Kier molecular flexibility index (Phi) is 5.99. The summed E-state index contributed by atoms with van der Waals surface area (Å²) in [6, 6.07) is 12.1. The first-order valence-electron chi connectivity index (χ1n) is 8.21. The van der Waals surface area contributed by atoms with Crippen molar-refractivity contribution < 1.29 is 14.4 Å². The number of ether oxygens (including phenoxy) is 1. The molecule has 0 aliphatic carbocycles. The Labute approximate surface area is 144 Å². The molecule has 1 amide bonds. The first kappa shape index (κ1) is 18.0. The predicted molar refractivity (Wildman–Crippen MR) is 97.7 cm³/mol. The zero-order valence-corrected chi connectivity index (χ0v) is 15.2. The molecule has 0 heterocycles. The van der Waals surface area contributed by atoms with Gasteiger partial charge in [0.15, 0.2) is 6.54 Å². The van der Waals surface area contributed by atoms with Crippen molar-refractivity contribution in [2.75, 3.05) is 26.0 Å². The van der Waals surface area contributed by atoms with Crippen molar-refractivity contribution in [2.24, 2.45) is 0 Å². The largest absolute Gasteiger partial charge is 0.496 e. The molecular weight excluding hydrogens is 300 g/mol. The van der Waals surface area contributed by atoms with Gasteiger partial charge in [-0.2, -0.15) is 0 Å². The van der Waals surface area contributed by atoms with Gasteiger partial charge in [0.2, 0.25) is 0 Å². The highest BCUT2D eigenvalue weighted by molar-refractivity contribution is 5.92. The van der Waals surface area contributed by atoms with Crippen LogP contribution >= 0.6 is 0 Å². The van der Waals surface area contributed by atoms with Gasteiger partial charge in [0.1, 0.15) is 12.3 Å². The molecule has 1 unspecified atom stereocenters. The summed E-state index contributed by atoms with van der Waals surface area (Å²) in [7, 11) is 3.70. The van der Waals surface area contributed by atoms with Crippen molar-refractivity contribution >= 4 is 11.6 Å². The molecule has 4 heteroatoms. The van der Waals surface area contributed by atoms with E-state index in [2.05, 4.69) is 18.3 Å². The van der Waals surface area contributed by atoms with Gasteiger partial charge >= 0.3 is 0 Å². The number of carbonyl (C=O) groups is 1. The number of amides is 1. The maximum absolute atomic E-state index is 12.3. The molecule has 128 valence electrons. The van der Waals surface area contributed by atoms with Crippen molar-refractivity contribution in [1.82, 2.24) is 0 Å². The highest BCUT2D eigenvalue weighted by atomic mass is 16.5. The summed E-state index contributed by atoms with van der Waals surface area (Å²) in [4.78, 5) is 13.4. The second-order valence-electron chi connectivity index (χ2n) is 6.42. The summed E-state index contributed by atoms with van der Waals surface area (Å²) in [5, 5.41) is 3.02. The Morgan fingerprint density at radius 3 is 2.62 bits per heavy atom. The van der Waals surface area contributed by atoms with Gasteiger partial charge in [-0.05, 0) is 50.1 Å². The van der Waals surface area contributed by atoms with Crippen molar-refractivity contribution in [2.45, 2.75) is 27.3 Å². The van der Waals surface area contributed by atoms with E-state index in [0.29, 0.717) is 6.54 Å². The first-order valence-corrected chi connectivity index (χ1v) is 8.21. The number of hydrogen-bond acceptors (Lipinski definition) is 2. The Morgan fingerprint density at radius 2 is 1.92 bits per heavy atom. The number of aryl methyl sites for hydroxylation is 2. The normalized spacial score (nSPS) is 11.9. The third kappa shape index (κ3) is 4.59. The maximum Gasteiger partial charge on any atom is 0.279 e. The second-order valence-corrected chi connectivity index (χ2v) is 6.42. The van der Waals surface area contributed by atoms with E-state index in [4.69, 9.17) is 4.74 Å². The summed E-state index contributed by atoms with van der Waals surface area (Å²) in [6.07, 6.45) is 0. The van der Waals surface area contributed by atoms with E-state index < -0.39 is 0 Å². The number of methoxy groups -OCH3 is 1. The van der Waals surface area contributed by atoms with E-state index in [0.717, 1.165) is 34.0 Å². The van der Waals surface area contributed by atoms with Gasteiger partial charge in [0.25, 0.3) is 5.91 Å². The third-order valence-electron chi connectivity index (χ3n) is 4.27. The standard InChI is InChI=1S/C20H26N2O2/c1-14-9-10-19(24-5)17(11-14)12-22(4)13-20(23)21-18-8-6-7-15(2)16(18)3/h6-11H,12-13H2,1-5H3,(H,21,23)/p+1. The fraction of sp³-hybridized carbons (Fsp3) is 0.350. The summed E-state index contributed by atoms with van der Waals surface area (Å²) >= 11 is 0. The fourth-order valence-electron chi connectivity index (χ4n) is 2.79. The van der Waals surface area contributed by atoms with Crippen LogP contribution in [0.3, 0.4) is 0 Å². The molecule has 0 spiro atoms. The van der Waals surface area contributed by atoms with E-state index in [1.54, 1.807) is 7.11 Å². The van der Waals surface area contributed by atoms with Crippen molar-refractivity contribution in [3.8, 4) is 5.75 Å². The minimum absolute atomic E-state index is 0.0211. The number of carbonyl (C=O) groups excluding carboxylic acids is 1. The summed E-state index contributed by atoms with van der Waals surface area (Å²) < 4.78 is 5.42. The monoisotopic (exact) mass is 327 g/mol. The number of rotatable bonds is 6. The van der Waals surface area contributed by atoms with Crippen molar-refractivity contribution in [1.29, 1.82) is 0 Å². The quantitative estimate of drug-likeness (QED) is 0.855. The Bertz CT molecular complexity index is 726. The van der Waals surface area contributed by atoms with Crippen LogP contribution in [0.4, 0.5) is 5.69 Å². The molecule has 2 rings (SSSR count). The second kappa shape index (κ2) is 7.97. The van der Waals surface area contributed by atoms with Gasteiger partial charge < -0.3 is 15.0 Å². The lowest BCUT2D eigenvalue weighted by atomic mass is 10.1. The van der Waals surface area contributed by atoms with Crippen LogP contribution in [0, 0.1) is 20.8 Å². The van der Waals surface area contributed by atoms with Crippen molar-refractivity contribution in [3.63, 3.8) is 0 Å². The zero-order valence-electron chi connectivity index (χ0n) is 15.2. The minimum Gasteiger partial charge on any atom is -0.496 e. The molecular formula is C20H27N2O2+. The van der Waals surface area contributed by atoms with Crippen LogP contribution in [0.5, 0.6) is 5.75 Å². The number of quaternary nitrogens is 1. The molecule has 0 saturated heterocycles. The van der Waals surface area contributed by atoms with Gasteiger partial charge in [0.05, 0.1) is 14.2 Å². The molecule has 0 aromatic heterocycles. The Hall–Kier alpha value is -2.33. The van der Waals surface area contributed by atoms with Gasteiger partial charge in [-0.25, -0.2) is 0 Å². The molecule has 24 heavy (non-hydrogen) atoms. The van der Waals surface area contributed by atoms with Gasteiger partial charge in [-0.3, -0.25) is 4.79 Å². The lowest BCUT2D eigenvalue weighted by molar-refractivity contribution is -0.885. The molecule has 0 aliphatic rings. The van der Waals surface area contributed by atoms with E-state index in [9.17, 15) is 4.79 Å². The lowest BCUT2D eigenvalue weighted by Gasteiger charge is -2.17. The summed E-state index contributed by atoms with van der Waals surface area (Å²) in [6.45, 7) is 7.28. The molecule has 0 aliphatic heterocycles. The minimum atomic E-state index is 0.0211. The topological polar surface area (TPSA) is 42.8 Å². The van der Waals surface area contributed by atoms with Crippen LogP contribution in [0.2, 0.25) is 0 Å². The van der Waals surface area contributed by atoms with E-state index in [-0.39, 0.29) is 5.91 Å². The van der Waals surface area contributed by atoms with Gasteiger partial charge in [-0.15, -0.1) is 0 Å². The zero-order chi connectivity index (χ0) is 17.7. The molecule has 2 aromatic rings. The third-order valence-corrected chi connectivity index (χ3v) is 4.27. The average Bonchev–Trinajstić information content (AvgIpc) is 2.52. The molecule has 0 fully saturated rings. The molecule has 4 nitrogen and oxygen atoms in total. The number of nitrogens with one attached hydrogen (secondary N) is 2. The molecule has 0 bridgehead atoms. The number of likely N-dealkylation sites (N-methyl/N-ethyl adjacent to an activating group) is 1. The van der Waals surface area contributed by atoms with E-state index in [1.165, 1.54) is 11.1 Å². The van der Waals surface area contributed by atoms with Crippen LogP contribution in [-0.2, 0) is 11.3 Å². The van der Waals surface area contributed by atoms with Crippen LogP contribution in [0.1, 0.15) is 22.3 Å². The number of anilines is 1. The molecule has 0 radical (unpaired) electrons. The van der Waals surface area contributed by atoms with Gasteiger partial charge in [-0.1, -0.05) is 23.8 Å².